The molecule has 1 heterocycles. The summed E-state index contributed by atoms with van der Waals surface area (Å²) in [5, 5.41) is 7.48. The average Bonchev–Trinajstić information content (AvgIpc) is 3.39. The second-order valence-corrected chi connectivity index (χ2v) is 9.22. The van der Waals surface area contributed by atoms with Crippen LogP contribution in [0.4, 0.5) is 5.82 Å². The van der Waals surface area contributed by atoms with Crippen molar-refractivity contribution in [3.05, 3.63) is 59.7 Å². The van der Waals surface area contributed by atoms with Crippen molar-refractivity contribution in [3.63, 3.8) is 0 Å². The first-order valence-corrected chi connectivity index (χ1v) is 11.5. The highest BCUT2D eigenvalue weighted by Crippen LogP contribution is 2.31. The molecule has 0 radical (unpaired) electrons. The third kappa shape index (κ3) is 4.99. The van der Waals surface area contributed by atoms with E-state index in [1.807, 2.05) is 24.3 Å². The van der Waals surface area contributed by atoms with Crippen molar-refractivity contribution in [2.24, 2.45) is 5.92 Å². The third-order valence-electron chi connectivity index (χ3n) is 6.04. The van der Waals surface area contributed by atoms with Gasteiger partial charge in [-0.2, -0.15) is 4.37 Å². The van der Waals surface area contributed by atoms with Crippen LogP contribution in [0.25, 0.3) is 10.1 Å². The molecule has 6 heteroatoms. The largest absolute Gasteiger partial charge is 0.367 e. The van der Waals surface area contributed by atoms with Gasteiger partial charge in [-0.15, -0.1) is 0 Å². The molecule has 0 spiro atoms. The fourth-order valence-corrected chi connectivity index (χ4v) is 5.10. The number of aromatic nitrogens is 1. The van der Waals surface area contributed by atoms with E-state index < -0.39 is 0 Å². The van der Waals surface area contributed by atoms with Gasteiger partial charge in [0.25, 0.3) is 5.91 Å². The number of anilines is 1. The predicted octanol–water partition coefficient (Wildman–Crippen LogP) is 4.41. The minimum atomic E-state index is -0.0145. The van der Waals surface area contributed by atoms with Gasteiger partial charge in [-0.25, -0.2) is 0 Å². The monoisotopic (exact) mass is 422 g/mol. The molecular formula is C24H30N4OS. The molecule has 1 aliphatic carbocycles. The number of carbonyl (C=O) groups is 1. The Morgan fingerprint density at radius 2 is 2.00 bits per heavy atom. The van der Waals surface area contributed by atoms with Crippen molar-refractivity contribution < 1.29 is 4.79 Å². The molecule has 2 aromatic carbocycles. The maximum absolute atomic E-state index is 12.6. The van der Waals surface area contributed by atoms with Crippen molar-refractivity contribution in [1.29, 1.82) is 0 Å². The van der Waals surface area contributed by atoms with E-state index in [4.69, 9.17) is 0 Å². The molecule has 1 aliphatic rings. The normalized spacial score (nSPS) is 18.8. The van der Waals surface area contributed by atoms with Crippen LogP contribution in [0.15, 0.2) is 48.5 Å². The summed E-state index contributed by atoms with van der Waals surface area (Å²) >= 11 is 1.49. The van der Waals surface area contributed by atoms with Gasteiger partial charge in [-0.05, 0) is 87.1 Å². The first-order valence-electron chi connectivity index (χ1n) is 10.7. The van der Waals surface area contributed by atoms with Crippen LogP contribution in [0.2, 0.25) is 0 Å². The van der Waals surface area contributed by atoms with Gasteiger partial charge in [0.15, 0.2) is 0 Å². The van der Waals surface area contributed by atoms with Gasteiger partial charge >= 0.3 is 0 Å². The number of nitrogens with zero attached hydrogens (tertiary/aromatic N) is 2. The molecule has 0 aliphatic heterocycles. The topological polar surface area (TPSA) is 57.3 Å². The molecule has 0 bridgehead atoms. The fraction of sp³-hybridized carbons (Fsp3) is 0.417. The SMILES string of the molecule is CN(C)C1CCC(Cc2cccc(C(=O)NCCNc3nsc4ccccc34)c2)C1. The van der Waals surface area contributed by atoms with Gasteiger partial charge in [0.05, 0.1) is 4.70 Å². The Balaban J connectivity index is 1.26. The van der Waals surface area contributed by atoms with E-state index in [0.29, 0.717) is 25.0 Å². The van der Waals surface area contributed by atoms with Crippen LogP contribution < -0.4 is 10.6 Å². The Kier molecular flexibility index (Phi) is 6.65. The van der Waals surface area contributed by atoms with Crippen molar-refractivity contribution >= 4 is 33.3 Å². The summed E-state index contributed by atoms with van der Waals surface area (Å²) in [5.41, 5.74) is 2.01. The van der Waals surface area contributed by atoms with Crippen LogP contribution in [0.5, 0.6) is 0 Å². The Morgan fingerprint density at radius 1 is 1.13 bits per heavy atom. The standard InChI is InChI=1S/C24H30N4OS/c1-28(2)20-11-10-18(16-20)14-17-6-5-7-19(15-17)24(29)26-13-12-25-23-21-8-3-4-9-22(21)30-27-23/h3-9,15,18,20H,10-14,16H2,1-2H3,(H,25,27)(H,26,29). The molecule has 1 amide bonds. The summed E-state index contributed by atoms with van der Waals surface area (Å²) in [6.45, 7) is 1.20. The highest BCUT2D eigenvalue weighted by atomic mass is 32.1. The number of rotatable bonds is 8. The van der Waals surface area contributed by atoms with Gasteiger partial charge in [0.1, 0.15) is 5.82 Å². The number of benzene rings is 2. The lowest BCUT2D eigenvalue weighted by molar-refractivity contribution is 0.0955. The van der Waals surface area contributed by atoms with Crippen LogP contribution in [0.3, 0.4) is 0 Å². The molecular weight excluding hydrogens is 392 g/mol. The van der Waals surface area contributed by atoms with Crippen molar-refractivity contribution in [3.8, 4) is 0 Å². The van der Waals surface area contributed by atoms with E-state index in [1.165, 1.54) is 41.1 Å². The second-order valence-electron chi connectivity index (χ2n) is 8.41. The van der Waals surface area contributed by atoms with Crippen molar-refractivity contribution in [1.82, 2.24) is 14.6 Å². The highest BCUT2D eigenvalue weighted by Gasteiger charge is 2.26. The van der Waals surface area contributed by atoms with E-state index in [0.717, 1.165) is 23.2 Å². The van der Waals surface area contributed by atoms with Crippen molar-refractivity contribution in [2.75, 3.05) is 32.5 Å². The van der Waals surface area contributed by atoms with Gasteiger partial charge in [0.2, 0.25) is 0 Å². The highest BCUT2D eigenvalue weighted by molar-refractivity contribution is 7.13. The molecule has 4 rings (SSSR count). The minimum Gasteiger partial charge on any atom is -0.367 e. The summed E-state index contributed by atoms with van der Waals surface area (Å²) in [4.78, 5) is 14.9. The molecule has 30 heavy (non-hydrogen) atoms. The molecule has 2 unspecified atom stereocenters. The zero-order valence-electron chi connectivity index (χ0n) is 17.7. The summed E-state index contributed by atoms with van der Waals surface area (Å²) in [6, 6.07) is 17.0. The molecule has 158 valence electrons. The Hall–Kier alpha value is -2.44. The molecule has 3 aromatic rings. The summed E-state index contributed by atoms with van der Waals surface area (Å²) in [5.74, 6) is 1.59. The molecule has 5 nitrogen and oxygen atoms in total. The minimum absolute atomic E-state index is 0.0145. The Bertz CT molecular complexity index is 1000. The van der Waals surface area contributed by atoms with Crippen LogP contribution in [0, 0.1) is 5.92 Å². The van der Waals surface area contributed by atoms with Gasteiger partial charge in [0, 0.05) is 30.1 Å². The first-order chi connectivity index (χ1) is 14.6. The molecule has 2 N–H and O–H groups in total. The maximum Gasteiger partial charge on any atom is 0.251 e. The van der Waals surface area contributed by atoms with E-state index in [-0.39, 0.29) is 5.91 Å². The van der Waals surface area contributed by atoms with Crippen LogP contribution in [-0.2, 0) is 6.42 Å². The molecule has 2 atom stereocenters. The molecule has 0 saturated heterocycles. The van der Waals surface area contributed by atoms with Crippen molar-refractivity contribution in [2.45, 2.75) is 31.7 Å². The quantitative estimate of drug-likeness (QED) is 0.528. The van der Waals surface area contributed by atoms with Crippen LogP contribution in [0.1, 0.15) is 35.2 Å². The van der Waals surface area contributed by atoms with E-state index in [1.54, 1.807) is 0 Å². The number of fused-ring (bicyclic) bond motifs is 1. The second kappa shape index (κ2) is 9.58. The van der Waals surface area contributed by atoms with E-state index >= 15 is 0 Å². The van der Waals surface area contributed by atoms with Gasteiger partial charge in [-0.3, -0.25) is 4.79 Å². The molecule has 1 saturated carbocycles. The first kappa shape index (κ1) is 20.8. The number of amides is 1. The average molecular weight is 423 g/mol. The van der Waals surface area contributed by atoms with Crippen LogP contribution >= 0.6 is 11.5 Å². The number of hydrogen-bond donors (Lipinski definition) is 2. The lowest BCUT2D eigenvalue weighted by Gasteiger charge is -2.19. The number of hydrogen-bond acceptors (Lipinski definition) is 5. The smallest absolute Gasteiger partial charge is 0.251 e. The number of carbonyl (C=O) groups excluding carboxylic acids is 1. The van der Waals surface area contributed by atoms with E-state index in [2.05, 4.69) is 58.3 Å². The van der Waals surface area contributed by atoms with Crippen LogP contribution in [-0.4, -0.2) is 48.4 Å². The Morgan fingerprint density at radius 3 is 2.83 bits per heavy atom. The fourth-order valence-electron chi connectivity index (χ4n) is 4.35. The Labute approximate surface area is 182 Å². The van der Waals surface area contributed by atoms with E-state index in [9.17, 15) is 4.79 Å². The van der Waals surface area contributed by atoms with Gasteiger partial charge < -0.3 is 15.5 Å². The summed E-state index contributed by atoms with van der Waals surface area (Å²) in [6.07, 6.45) is 4.86. The van der Waals surface area contributed by atoms with Gasteiger partial charge in [-0.1, -0.05) is 24.3 Å². The zero-order valence-corrected chi connectivity index (χ0v) is 18.5. The lowest BCUT2D eigenvalue weighted by Crippen LogP contribution is -2.28. The predicted molar refractivity (Wildman–Crippen MR) is 125 cm³/mol. The summed E-state index contributed by atoms with van der Waals surface area (Å²) < 4.78 is 5.63. The zero-order chi connectivity index (χ0) is 20.9. The molecule has 1 fully saturated rings. The summed E-state index contributed by atoms with van der Waals surface area (Å²) in [7, 11) is 4.34. The molecule has 1 aromatic heterocycles. The lowest BCUT2D eigenvalue weighted by atomic mass is 9.96. The third-order valence-corrected chi connectivity index (χ3v) is 6.86. The number of nitrogens with one attached hydrogen (secondary N) is 2. The maximum atomic E-state index is 12.6.